The maximum absolute atomic E-state index is 12.6. The van der Waals surface area contributed by atoms with E-state index >= 15 is 0 Å². The van der Waals surface area contributed by atoms with Crippen LogP contribution in [0, 0.1) is 11.3 Å². The fourth-order valence-electron chi connectivity index (χ4n) is 3.13. The zero-order chi connectivity index (χ0) is 17.4. The SMILES string of the molecule is N#Cc1cccc(S(=O)(=O)Nc2ccc3c(c2)-c2ccccc2C3)c1. The molecule has 0 bridgehead atoms. The average molecular weight is 346 g/mol. The number of fused-ring (bicyclic) bond motifs is 3. The molecule has 0 atom stereocenters. The van der Waals surface area contributed by atoms with Crippen LogP contribution >= 0.6 is 0 Å². The number of nitriles is 1. The first kappa shape index (κ1) is 15.4. The molecule has 0 unspecified atom stereocenters. The Balaban J connectivity index is 1.70. The molecule has 0 aromatic heterocycles. The third kappa shape index (κ3) is 2.77. The Labute approximate surface area is 146 Å². The van der Waals surface area contributed by atoms with Crippen molar-refractivity contribution in [3.05, 3.63) is 83.4 Å². The van der Waals surface area contributed by atoms with Gasteiger partial charge in [0.05, 0.1) is 16.5 Å². The van der Waals surface area contributed by atoms with Gasteiger partial charge >= 0.3 is 0 Å². The van der Waals surface area contributed by atoms with Gasteiger partial charge in [-0.05, 0) is 59.0 Å². The Morgan fingerprint density at radius 2 is 1.68 bits per heavy atom. The zero-order valence-electron chi connectivity index (χ0n) is 13.2. The minimum atomic E-state index is -3.74. The third-order valence-electron chi connectivity index (χ3n) is 4.32. The van der Waals surface area contributed by atoms with Crippen molar-refractivity contribution in [1.29, 1.82) is 5.26 Å². The fraction of sp³-hybridized carbons (Fsp3) is 0.0500. The van der Waals surface area contributed by atoms with E-state index in [1.165, 1.54) is 23.3 Å². The highest BCUT2D eigenvalue weighted by Crippen LogP contribution is 2.38. The van der Waals surface area contributed by atoms with E-state index in [0.29, 0.717) is 11.3 Å². The van der Waals surface area contributed by atoms with Crippen molar-refractivity contribution in [3.63, 3.8) is 0 Å². The minimum absolute atomic E-state index is 0.0763. The Morgan fingerprint density at radius 1 is 0.880 bits per heavy atom. The largest absolute Gasteiger partial charge is 0.280 e. The predicted molar refractivity (Wildman–Crippen MR) is 96.6 cm³/mol. The maximum atomic E-state index is 12.6. The van der Waals surface area contributed by atoms with Gasteiger partial charge in [-0.15, -0.1) is 0 Å². The van der Waals surface area contributed by atoms with E-state index in [1.807, 2.05) is 30.3 Å². The molecule has 25 heavy (non-hydrogen) atoms. The van der Waals surface area contributed by atoms with Crippen LogP contribution in [0.25, 0.3) is 11.1 Å². The van der Waals surface area contributed by atoms with Crippen LogP contribution in [-0.4, -0.2) is 8.42 Å². The number of hydrogen-bond donors (Lipinski definition) is 1. The summed E-state index contributed by atoms with van der Waals surface area (Å²) in [5, 5.41) is 8.95. The molecule has 0 saturated carbocycles. The molecule has 3 aromatic rings. The normalized spacial score (nSPS) is 12.1. The van der Waals surface area contributed by atoms with Crippen LogP contribution in [0.5, 0.6) is 0 Å². The molecule has 4 rings (SSSR count). The lowest BCUT2D eigenvalue weighted by Crippen LogP contribution is -2.13. The van der Waals surface area contributed by atoms with Gasteiger partial charge in [-0.2, -0.15) is 5.26 Å². The Morgan fingerprint density at radius 3 is 2.52 bits per heavy atom. The van der Waals surface area contributed by atoms with Crippen LogP contribution in [0.2, 0.25) is 0 Å². The molecule has 0 fully saturated rings. The molecule has 1 aliphatic rings. The van der Waals surface area contributed by atoms with Crippen molar-refractivity contribution in [2.24, 2.45) is 0 Å². The second-order valence-electron chi connectivity index (χ2n) is 5.95. The summed E-state index contributed by atoms with van der Waals surface area (Å²) in [6.45, 7) is 0. The van der Waals surface area contributed by atoms with Crippen molar-refractivity contribution in [1.82, 2.24) is 0 Å². The Hall–Kier alpha value is -3.10. The molecule has 1 aliphatic carbocycles. The van der Waals surface area contributed by atoms with Gasteiger partial charge in [0.2, 0.25) is 0 Å². The van der Waals surface area contributed by atoms with Crippen LogP contribution in [0.15, 0.2) is 71.6 Å². The smallest absolute Gasteiger partial charge is 0.261 e. The first-order valence-electron chi connectivity index (χ1n) is 7.81. The van der Waals surface area contributed by atoms with Gasteiger partial charge in [-0.3, -0.25) is 4.72 Å². The Kier molecular flexibility index (Phi) is 3.56. The second-order valence-corrected chi connectivity index (χ2v) is 7.63. The second kappa shape index (κ2) is 5.76. The summed E-state index contributed by atoms with van der Waals surface area (Å²) >= 11 is 0. The highest BCUT2D eigenvalue weighted by molar-refractivity contribution is 7.92. The third-order valence-corrected chi connectivity index (χ3v) is 5.70. The molecular formula is C20H14N2O2S. The van der Waals surface area contributed by atoms with Gasteiger partial charge in [-0.25, -0.2) is 8.42 Å². The summed E-state index contributed by atoms with van der Waals surface area (Å²) < 4.78 is 27.8. The van der Waals surface area contributed by atoms with Crippen LogP contribution in [0.3, 0.4) is 0 Å². The standard InChI is InChI=1S/C20H14N2O2S/c21-13-14-4-3-6-18(10-14)25(23,24)22-17-9-8-16-11-15-5-1-2-7-19(15)20(16)12-17/h1-10,12,22H,11H2. The number of anilines is 1. The lowest BCUT2D eigenvalue weighted by atomic mass is 10.1. The van der Waals surface area contributed by atoms with Gasteiger partial charge < -0.3 is 0 Å². The highest BCUT2D eigenvalue weighted by Gasteiger charge is 2.20. The molecule has 5 heteroatoms. The molecule has 0 amide bonds. The van der Waals surface area contributed by atoms with Crippen LogP contribution in [0.4, 0.5) is 5.69 Å². The van der Waals surface area contributed by atoms with E-state index in [1.54, 1.807) is 18.2 Å². The maximum Gasteiger partial charge on any atom is 0.261 e. The van der Waals surface area contributed by atoms with Gasteiger partial charge in [0, 0.05) is 5.69 Å². The molecule has 0 saturated heterocycles. The highest BCUT2D eigenvalue weighted by atomic mass is 32.2. The molecular weight excluding hydrogens is 332 g/mol. The summed E-state index contributed by atoms with van der Waals surface area (Å²) in [7, 11) is -3.74. The van der Waals surface area contributed by atoms with Crippen molar-refractivity contribution < 1.29 is 8.42 Å². The zero-order valence-corrected chi connectivity index (χ0v) is 14.0. The van der Waals surface area contributed by atoms with E-state index < -0.39 is 10.0 Å². The Bertz CT molecular complexity index is 1130. The first-order valence-corrected chi connectivity index (χ1v) is 9.29. The minimum Gasteiger partial charge on any atom is -0.280 e. The van der Waals surface area contributed by atoms with Crippen molar-refractivity contribution in [2.75, 3.05) is 4.72 Å². The van der Waals surface area contributed by atoms with Gasteiger partial charge in [0.15, 0.2) is 0 Å². The monoisotopic (exact) mass is 346 g/mol. The van der Waals surface area contributed by atoms with Crippen molar-refractivity contribution >= 4 is 15.7 Å². The molecule has 0 aliphatic heterocycles. The average Bonchev–Trinajstić information content (AvgIpc) is 2.99. The van der Waals surface area contributed by atoms with Crippen molar-refractivity contribution in [2.45, 2.75) is 11.3 Å². The molecule has 0 radical (unpaired) electrons. The number of sulfonamides is 1. The lowest BCUT2D eigenvalue weighted by molar-refractivity contribution is 0.601. The molecule has 0 spiro atoms. The van der Waals surface area contributed by atoms with Gasteiger partial charge in [0.25, 0.3) is 10.0 Å². The van der Waals surface area contributed by atoms with E-state index in [-0.39, 0.29) is 4.90 Å². The van der Waals surface area contributed by atoms with E-state index in [4.69, 9.17) is 5.26 Å². The van der Waals surface area contributed by atoms with E-state index in [0.717, 1.165) is 17.5 Å². The first-order chi connectivity index (χ1) is 12.1. The molecule has 1 N–H and O–H groups in total. The summed E-state index contributed by atoms with van der Waals surface area (Å²) in [5.74, 6) is 0. The van der Waals surface area contributed by atoms with Gasteiger partial charge in [-0.1, -0.05) is 36.4 Å². The number of nitrogens with one attached hydrogen (secondary N) is 1. The number of rotatable bonds is 3. The molecule has 3 aromatic carbocycles. The predicted octanol–water partition coefficient (Wildman–Crippen LogP) is 3.93. The van der Waals surface area contributed by atoms with Gasteiger partial charge in [0.1, 0.15) is 0 Å². The quantitative estimate of drug-likeness (QED) is 0.611. The fourth-order valence-corrected chi connectivity index (χ4v) is 4.23. The molecule has 122 valence electrons. The topological polar surface area (TPSA) is 70.0 Å². The van der Waals surface area contributed by atoms with Crippen LogP contribution in [0.1, 0.15) is 16.7 Å². The van der Waals surface area contributed by atoms with Crippen molar-refractivity contribution in [3.8, 4) is 17.2 Å². The van der Waals surface area contributed by atoms with Crippen LogP contribution in [-0.2, 0) is 16.4 Å². The lowest BCUT2D eigenvalue weighted by Gasteiger charge is -2.10. The molecule has 0 heterocycles. The van der Waals surface area contributed by atoms with E-state index in [2.05, 4.69) is 16.9 Å². The summed E-state index contributed by atoms with van der Waals surface area (Å²) in [4.78, 5) is 0.0763. The summed E-state index contributed by atoms with van der Waals surface area (Å²) in [6, 6.07) is 21.7. The molecule has 4 nitrogen and oxygen atoms in total. The van der Waals surface area contributed by atoms with E-state index in [9.17, 15) is 8.42 Å². The number of benzene rings is 3. The number of nitrogens with zero attached hydrogens (tertiary/aromatic N) is 1. The summed E-state index contributed by atoms with van der Waals surface area (Å²) in [5.41, 5.74) is 5.46. The number of hydrogen-bond acceptors (Lipinski definition) is 3. The summed E-state index contributed by atoms with van der Waals surface area (Å²) in [6.07, 6.45) is 0.864. The van der Waals surface area contributed by atoms with Crippen LogP contribution < -0.4 is 4.72 Å².